The number of fused-ring (bicyclic) bond motifs is 2. The minimum absolute atomic E-state index is 0.289. The van der Waals surface area contributed by atoms with Gasteiger partial charge in [-0.25, -0.2) is 4.79 Å². The number of carboxylic acids is 1. The Morgan fingerprint density at radius 2 is 2.06 bits per heavy atom. The molecule has 4 heteroatoms. The standard InChI is InChI=1S/C14H12BrNO2/c15-13-9-3-1-2-4-11(9)16-12-7-8(14(17)18)5-6-10(12)13/h5-7H,1-4H2,(H,17,18). The number of hydrogen-bond acceptors (Lipinski definition) is 2. The molecule has 0 amide bonds. The summed E-state index contributed by atoms with van der Waals surface area (Å²) in [4.78, 5) is 15.6. The van der Waals surface area contributed by atoms with Crippen LogP contribution in [0.25, 0.3) is 10.9 Å². The van der Waals surface area contributed by atoms with Crippen molar-refractivity contribution >= 4 is 32.8 Å². The Hall–Kier alpha value is -1.42. The zero-order valence-electron chi connectivity index (χ0n) is 9.74. The lowest BCUT2D eigenvalue weighted by atomic mass is 9.94. The highest BCUT2D eigenvalue weighted by Crippen LogP contribution is 2.33. The molecule has 0 spiro atoms. The summed E-state index contributed by atoms with van der Waals surface area (Å²) in [6, 6.07) is 5.12. The van der Waals surface area contributed by atoms with Gasteiger partial charge in [0.25, 0.3) is 0 Å². The van der Waals surface area contributed by atoms with Crippen LogP contribution >= 0.6 is 15.9 Å². The van der Waals surface area contributed by atoms with E-state index in [9.17, 15) is 4.79 Å². The van der Waals surface area contributed by atoms with Gasteiger partial charge in [0.1, 0.15) is 0 Å². The third-order valence-corrected chi connectivity index (χ3v) is 4.35. The molecule has 92 valence electrons. The highest BCUT2D eigenvalue weighted by molar-refractivity contribution is 9.10. The summed E-state index contributed by atoms with van der Waals surface area (Å²) in [5.74, 6) is -0.910. The fraction of sp³-hybridized carbons (Fsp3) is 0.286. The lowest BCUT2D eigenvalue weighted by molar-refractivity contribution is 0.0697. The number of aromatic carboxylic acids is 1. The van der Waals surface area contributed by atoms with Gasteiger partial charge in [0.15, 0.2) is 0 Å². The predicted molar refractivity (Wildman–Crippen MR) is 73.0 cm³/mol. The van der Waals surface area contributed by atoms with Crippen molar-refractivity contribution in [2.45, 2.75) is 25.7 Å². The van der Waals surface area contributed by atoms with Crippen LogP contribution in [0.3, 0.4) is 0 Å². The third-order valence-electron chi connectivity index (χ3n) is 3.44. The Morgan fingerprint density at radius 3 is 2.83 bits per heavy atom. The van der Waals surface area contributed by atoms with E-state index < -0.39 is 5.97 Å². The molecule has 0 unspecified atom stereocenters. The van der Waals surface area contributed by atoms with Crippen LogP contribution in [0.4, 0.5) is 0 Å². The van der Waals surface area contributed by atoms with Gasteiger partial charge in [-0.3, -0.25) is 4.98 Å². The van der Waals surface area contributed by atoms with Gasteiger partial charge in [-0.1, -0.05) is 6.07 Å². The molecule has 3 rings (SSSR count). The predicted octanol–water partition coefficient (Wildman–Crippen LogP) is 3.57. The number of benzene rings is 1. The van der Waals surface area contributed by atoms with Gasteiger partial charge in [-0.15, -0.1) is 0 Å². The van der Waals surface area contributed by atoms with Crippen LogP contribution in [0.15, 0.2) is 22.7 Å². The molecule has 3 nitrogen and oxygen atoms in total. The van der Waals surface area contributed by atoms with E-state index in [-0.39, 0.29) is 5.56 Å². The molecule has 0 fully saturated rings. The Balaban J connectivity index is 2.28. The maximum Gasteiger partial charge on any atom is 0.335 e. The van der Waals surface area contributed by atoms with E-state index in [1.54, 1.807) is 12.1 Å². The van der Waals surface area contributed by atoms with Crippen molar-refractivity contribution in [1.82, 2.24) is 4.98 Å². The van der Waals surface area contributed by atoms with Gasteiger partial charge in [0.05, 0.1) is 11.1 Å². The SMILES string of the molecule is O=C(O)c1ccc2c(Br)c3c(nc2c1)CCCC3. The average Bonchev–Trinajstić information content (AvgIpc) is 2.38. The van der Waals surface area contributed by atoms with Gasteiger partial charge < -0.3 is 5.11 Å². The lowest BCUT2D eigenvalue weighted by Crippen LogP contribution is -2.07. The normalized spacial score (nSPS) is 14.5. The van der Waals surface area contributed by atoms with Crippen molar-refractivity contribution in [3.8, 4) is 0 Å². The smallest absolute Gasteiger partial charge is 0.335 e. The highest BCUT2D eigenvalue weighted by atomic mass is 79.9. The maximum atomic E-state index is 11.0. The van der Waals surface area contributed by atoms with E-state index >= 15 is 0 Å². The molecule has 1 aromatic heterocycles. The molecule has 0 bridgehead atoms. The monoisotopic (exact) mass is 305 g/mol. The molecule has 1 aliphatic rings. The first kappa shape index (κ1) is 11.7. The number of pyridine rings is 1. The molecule has 0 saturated carbocycles. The molecule has 2 aromatic rings. The second kappa shape index (κ2) is 4.35. The average molecular weight is 306 g/mol. The number of aromatic nitrogens is 1. The van der Waals surface area contributed by atoms with Crippen molar-refractivity contribution in [2.24, 2.45) is 0 Å². The molecular weight excluding hydrogens is 294 g/mol. The van der Waals surface area contributed by atoms with E-state index in [2.05, 4.69) is 20.9 Å². The van der Waals surface area contributed by atoms with Crippen molar-refractivity contribution < 1.29 is 9.90 Å². The van der Waals surface area contributed by atoms with Crippen LogP contribution in [0.5, 0.6) is 0 Å². The van der Waals surface area contributed by atoms with Crippen molar-refractivity contribution in [3.05, 3.63) is 39.5 Å². The molecule has 1 aliphatic carbocycles. The lowest BCUT2D eigenvalue weighted by Gasteiger charge is -2.18. The maximum absolute atomic E-state index is 11.0. The number of rotatable bonds is 1. The summed E-state index contributed by atoms with van der Waals surface area (Å²) >= 11 is 3.64. The molecule has 0 saturated heterocycles. The van der Waals surface area contributed by atoms with Crippen molar-refractivity contribution in [1.29, 1.82) is 0 Å². The topological polar surface area (TPSA) is 50.2 Å². The molecular formula is C14H12BrNO2. The largest absolute Gasteiger partial charge is 0.478 e. The van der Waals surface area contributed by atoms with Gasteiger partial charge in [0, 0.05) is 15.6 Å². The molecule has 1 N–H and O–H groups in total. The van der Waals surface area contributed by atoms with Crippen LogP contribution in [-0.4, -0.2) is 16.1 Å². The summed E-state index contributed by atoms with van der Waals surface area (Å²) < 4.78 is 1.08. The van der Waals surface area contributed by atoms with E-state index in [0.29, 0.717) is 0 Å². The molecule has 1 heterocycles. The molecule has 0 atom stereocenters. The number of aryl methyl sites for hydroxylation is 1. The fourth-order valence-corrected chi connectivity index (χ4v) is 3.26. The fourth-order valence-electron chi connectivity index (χ4n) is 2.50. The van der Waals surface area contributed by atoms with Gasteiger partial charge in [-0.2, -0.15) is 0 Å². The quantitative estimate of drug-likeness (QED) is 0.876. The number of halogens is 1. The number of carboxylic acid groups (broad SMARTS) is 1. The van der Waals surface area contributed by atoms with Crippen LogP contribution in [-0.2, 0) is 12.8 Å². The number of nitrogens with zero attached hydrogens (tertiary/aromatic N) is 1. The number of hydrogen-bond donors (Lipinski definition) is 1. The first-order valence-electron chi connectivity index (χ1n) is 6.01. The van der Waals surface area contributed by atoms with Gasteiger partial charge in [-0.05, 0) is 59.3 Å². The molecule has 1 aromatic carbocycles. The van der Waals surface area contributed by atoms with E-state index in [0.717, 1.165) is 40.3 Å². The zero-order valence-corrected chi connectivity index (χ0v) is 11.3. The Kier molecular flexibility index (Phi) is 2.82. The van der Waals surface area contributed by atoms with Crippen molar-refractivity contribution in [2.75, 3.05) is 0 Å². The second-order valence-electron chi connectivity index (χ2n) is 4.60. The Morgan fingerprint density at radius 1 is 1.28 bits per heavy atom. The Bertz CT molecular complexity index is 652. The summed E-state index contributed by atoms with van der Waals surface area (Å²) in [6.07, 6.45) is 4.41. The molecule has 0 radical (unpaired) electrons. The minimum Gasteiger partial charge on any atom is -0.478 e. The van der Waals surface area contributed by atoms with E-state index in [4.69, 9.17) is 5.11 Å². The minimum atomic E-state index is -0.910. The van der Waals surface area contributed by atoms with Crippen LogP contribution in [0.1, 0.15) is 34.5 Å². The first-order valence-corrected chi connectivity index (χ1v) is 6.80. The van der Waals surface area contributed by atoms with Crippen LogP contribution in [0.2, 0.25) is 0 Å². The summed E-state index contributed by atoms with van der Waals surface area (Å²) in [6.45, 7) is 0. The third kappa shape index (κ3) is 1.81. The van der Waals surface area contributed by atoms with Crippen molar-refractivity contribution in [3.63, 3.8) is 0 Å². The van der Waals surface area contributed by atoms with Gasteiger partial charge in [0.2, 0.25) is 0 Å². The van der Waals surface area contributed by atoms with Gasteiger partial charge >= 0.3 is 5.97 Å². The summed E-state index contributed by atoms with van der Waals surface area (Å²) in [5.41, 5.74) is 3.46. The van der Waals surface area contributed by atoms with Crippen LogP contribution < -0.4 is 0 Å². The summed E-state index contributed by atoms with van der Waals surface area (Å²) in [5, 5.41) is 10.0. The molecule has 0 aliphatic heterocycles. The Labute approximate surface area is 113 Å². The first-order chi connectivity index (χ1) is 8.66. The zero-order chi connectivity index (χ0) is 12.7. The van der Waals surface area contributed by atoms with Crippen LogP contribution in [0, 0.1) is 0 Å². The highest BCUT2D eigenvalue weighted by Gasteiger charge is 2.17. The molecule has 18 heavy (non-hydrogen) atoms. The van der Waals surface area contributed by atoms with E-state index in [1.807, 2.05) is 6.07 Å². The second-order valence-corrected chi connectivity index (χ2v) is 5.39. The summed E-state index contributed by atoms with van der Waals surface area (Å²) in [7, 11) is 0. The number of carbonyl (C=O) groups is 1. The van der Waals surface area contributed by atoms with E-state index in [1.165, 1.54) is 12.0 Å².